The van der Waals surface area contributed by atoms with E-state index < -0.39 is 52.4 Å². The number of hydrogen-bond acceptors (Lipinski definition) is 11. The number of methoxy groups -OCH3 is 3. The first-order valence-electron chi connectivity index (χ1n) is 12.1. The molecule has 2 atom stereocenters. The molecule has 220 valence electrons. The van der Waals surface area contributed by atoms with Crippen molar-refractivity contribution in [1.29, 1.82) is 0 Å². The number of ether oxygens (including phenoxy) is 5. The molecule has 2 unspecified atom stereocenters. The highest BCUT2D eigenvalue weighted by atomic mass is 32.2. The quantitative estimate of drug-likeness (QED) is 0.158. The van der Waals surface area contributed by atoms with Crippen LogP contribution in [0.25, 0.3) is 0 Å². The molecule has 13 heteroatoms. The third-order valence-corrected chi connectivity index (χ3v) is 6.45. The van der Waals surface area contributed by atoms with Crippen LogP contribution in [0.5, 0.6) is 0 Å². The predicted octanol–water partition coefficient (Wildman–Crippen LogP) is 4.06. The predicted molar refractivity (Wildman–Crippen MR) is 149 cm³/mol. The van der Waals surface area contributed by atoms with Crippen LogP contribution in [0, 0.1) is 16.7 Å². The van der Waals surface area contributed by atoms with Gasteiger partial charge in [-0.1, -0.05) is 46.4 Å². The average Bonchev–Trinajstić information content (AvgIpc) is 2.80. The zero-order valence-electron chi connectivity index (χ0n) is 24.3. The van der Waals surface area contributed by atoms with Gasteiger partial charge in [0, 0.05) is 11.8 Å². The van der Waals surface area contributed by atoms with Crippen LogP contribution in [-0.4, -0.2) is 79.9 Å². The van der Waals surface area contributed by atoms with E-state index in [1.54, 1.807) is 34.6 Å². The molecule has 0 aliphatic heterocycles. The van der Waals surface area contributed by atoms with Crippen molar-refractivity contribution in [2.75, 3.05) is 34.5 Å². The molecule has 0 heterocycles. The molecule has 0 aromatic carbocycles. The van der Waals surface area contributed by atoms with Crippen LogP contribution in [0.3, 0.4) is 0 Å². The number of carbonyl (C=O) groups is 4. The van der Waals surface area contributed by atoms with E-state index in [1.165, 1.54) is 7.11 Å². The first-order chi connectivity index (χ1) is 17.3. The molecule has 11 nitrogen and oxygen atoms in total. The van der Waals surface area contributed by atoms with Crippen LogP contribution < -0.4 is 10.6 Å². The smallest absolute Gasteiger partial charge is 0.407 e. The summed E-state index contributed by atoms with van der Waals surface area (Å²) in [6.45, 7) is 14.8. The van der Waals surface area contributed by atoms with Crippen molar-refractivity contribution in [3.63, 3.8) is 0 Å². The number of alkyl carbamates (subject to hydrolysis) is 2. The minimum Gasteiger partial charge on any atom is -0.478 e. The molecular weight excluding hydrogens is 536 g/mol. The average molecular weight is 581 g/mol. The molecule has 0 saturated carbocycles. The Balaban J connectivity index is 6.52. The summed E-state index contributed by atoms with van der Waals surface area (Å²) in [6.07, 6.45) is -1.78. The molecule has 0 aromatic rings. The standard InChI is InChI=1S/C25H44N2O9S2/c1-15(2)17(27-21(31)34-11)25(18(28)32-9,19(29)33-10)12-16(13-26-20(30)36-24(6,7)8)38-22(37)35-14-23(3,4)5/h15-17H,12-14H2,1-11H3,(H,26,30)(H,27,31). The van der Waals surface area contributed by atoms with Crippen LogP contribution in [-0.2, 0) is 33.3 Å². The Hall–Kier alpha value is -2.28. The first-order valence-corrected chi connectivity index (χ1v) is 13.4. The summed E-state index contributed by atoms with van der Waals surface area (Å²) >= 11 is 6.49. The number of thioether (sulfide) groups is 1. The van der Waals surface area contributed by atoms with Gasteiger partial charge in [0.05, 0.1) is 34.0 Å². The summed E-state index contributed by atoms with van der Waals surface area (Å²) in [5.41, 5.74) is -2.94. The molecule has 0 aromatic heterocycles. The van der Waals surface area contributed by atoms with Crippen LogP contribution in [0.4, 0.5) is 9.59 Å². The number of nitrogens with one attached hydrogen (secondary N) is 2. The first kappa shape index (κ1) is 35.7. The van der Waals surface area contributed by atoms with E-state index in [2.05, 4.69) is 10.6 Å². The van der Waals surface area contributed by atoms with Crippen molar-refractivity contribution >= 4 is 52.5 Å². The van der Waals surface area contributed by atoms with E-state index in [0.717, 1.165) is 26.0 Å². The van der Waals surface area contributed by atoms with E-state index >= 15 is 0 Å². The van der Waals surface area contributed by atoms with Gasteiger partial charge in [0.1, 0.15) is 5.60 Å². The molecule has 2 amide bonds. The van der Waals surface area contributed by atoms with Crippen molar-refractivity contribution in [2.24, 2.45) is 16.7 Å². The third kappa shape index (κ3) is 12.1. The Kier molecular flexibility index (Phi) is 14.4. The zero-order chi connectivity index (χ0) is 29.9. The Bertz CT molecular complexity index is 820. The lowest BCUT2D eigenvalue weighted by atomic mass is 9.71. The van der Waals surface area contributed by atoms with Gasteiger partial charge in [0.2, 0.25) is 4.38 Å². The van der Waals surface area contributed by atoms with E-state index in [1.807, 2.05) is 20.8 Å². The number of thiocarbonyl (C=S) groups is 1. The van der Waals surface area contributed by atoms with Gasteiger partial charge < -0.3 is 34.3 Å². The van der Waals surface area contributed by atoms with Gasteiger partial charge in [0.25, 0.3) is 0 Å². The topological polar surface area (TPSA) is 138 Å². The number of rotatable bonds is 11. The third-order valence-electron chi connectivity index (χ3n) is 5.06. The van der Waals surface area contributed by atoms with Crippen LogP contribution in [0.15, 0.2) is 0 Å². The van der Waals surface area contributed by atoms with Crippen molar-refractivity contribution in [2.45, 2.75) is 78.7 Å². The van der Waals surface area contributed by atoms with Crippen LogP contribution in [0.2, 0.25) is 0 Å². The minimum atomic E-state index is -2.02. The number of esters is 2. The Morgan fingerprint density at radius 1 is 0.868 bits per heavy atom. The maximum atomic E-state index is 13.4. The zero-order valence-corrected chi connectivity index (χ0v) is 26.0. The highest BCUT2D eigenvalue weighted by molar-refractivity contribution is 8.23. The van der Waals surface area contributed by atoms with Gasteiger partial charge in [-0.3, -0.25) is 9.59 Å². The Labute approximate surface area is 235 Å². The summed E-state index contributed by atoms with van der Waals surface area (Å²) in [7, 11) is 3.43. The Morgan fingerprint density at radius 2 is 1.39 bits per heavy atom. The minimum absolute atomic E-state index is 0.0582. The number of amides is 2. The van der Waals surface area contributed by atoms with Gasteiger partial charge >= 0.3 is 24.1 Å². The molecule has 38 heavy (non-hydrogen) atoms. The van der Waals surface area contributed by atoms with Crippen molar-refractivity contribution < 1.29 is 42.9 Å². The van der Waals surface area contributed by atoms with E-state index in [4.69, 9.17) is 35.9 Å². The molecule has 2 N–H and O–H groups in total. The lowest BCUT2D eigenvalue weighted by Crippen LogP contribution is -2.60. The summed E-state index contributed by atoms with van der Waals surface area (Å²) in [5.74, 6) is -2.30. The molecule has 0 aliphatic rings. The highest BCUT2D eigenvalue weighted by Crippen LogP contribution is 2.39. The van der Waals surface area contributed by atoms with Crippen LogP contribution in [0.1, 0.15) is 61.8 Å². The van der Waals surface area contributed by atoms with Crippen LogP contribution >= 0.6 is 24.0 Å². The fourth-order valence-electron chi connectivity index (χ4n) is 3.51. The van der Waals surface area contributed by atoms with Crippen molar-refractivity contribution in [1.82, 2.24) is 10.6 Å². The van der Waals surface area contributed by atoms with Gasteiger partial charge in [-0.25, -0.2) is 9.59 Å². The van der Waals surface area contributed by atoms with Gasteiger partial charge in [-0.2, -0.15) is 0 Å². The summed E-state index contributed by atoms with van der Waals surface area (Å²) < 4.78 is 26.1. The van der Waals surface area contributed by atoms with E-state index in [9.17, 15) is 19.2 Å². The summed E-state index contributed by atoms with van der Waals surface area (Å²) in [5, 5.41) is 4.55. The molecule has 0 rings (SSSR count). The molecular formula is C25H44N2O9S2. The highest BCUT2D eigenvalue weighted by Gasteiger charge is 2.57. The fourth-order valence-corrected chi connectivity index (χ4v) is 4.89. The SMILES string of the molecule is COC(=O)NC(C(C)C)C(CC(CNC(=O)OC(C)(C)C)SC(=S)OCC(C)(C)C)(C(=O)OC)C(=O)OC. The second kappa shape index (κ2) is 15.3. The van der Waals surface area contributed by atoms with Gasteiger partial charge in [0.15, 0.2) is 5.41 Å². The molecule has 0 saturated heterocycles. The molecule has 0 radical (unpaired) electrons. The lowest BCUT2D eigenvalue weighted by molar-refractivity contribution is -0.173. The second-order valence-corrected chi connectivity index (χ2v) is 13.1. The monoisotopic (exact) mass is 580 g/mol. The van der Waals surface area contributed by atoms with Gasteiger partial charge in [-0.05, 0) is 50.7 Å². The molecule has 0 fully saturated rings. The second-order valence-electron chi connectivity index (χ2n) is 11.2. The fraction of sp³-hybridized carbons (Fsp3) is 0.800. The maximum absolute atomic E-state index is 13.4. The maximum Gasteiger partial charge on any atom is 0.407 e. The largest absolute Gasteiger partial charge is 0.478 e. The van der Waals surface area contributed by atoms with Crippen molar-refractivity contribution in [3.05, 3.63) is 0 Å². The van der Waals surface area contributed by atoms with Crippen molar-refractivity contribution in [3.8, 4) is 0 Å². The Morgan fingerprint density at radius 3 is 1.79 bits per heavy atom. The number of carbonyl (C=O) groups excluding carboxylic acids is 4. The lowest BCUT2D eigenvalue weighted by Gasteiger charge is -2.39. The normalized spacial score (nSPS) is 13.6. The van der Waals surface area contributed by atoms with E-state index in [-0.39, 0.29) is 22.8 Å². The number of hydrogen-bond donors (Lipinski definition) is 2. The van der Waals surface area contributed by atoms with E-state index in [0.29, 0.717) is 6.61 Å². The molecule has 0 aliphatic carbocycles. The summed E-state index contributed by atoms with van der Waals surface area (Å²) in [4.78, 5) is 51.4. The van der Waals surface area contributed by atoms with Gasteiger partial charge in [-0.15, -0.1) is 0 Å². The molecule has 0 spiro atoms. The molecule has 0 bridgehead atoms. The summed E-state index contributed by atoms with van der Waals surface area (Å²) in [6, 6.07) is -1.09.